The Morgan fingerprint density at radius 2 is 1.49 bits per heavy atom. The summed E-state index contributed by atoms with van der Waals surface area (Å²) in [5.74, 6) is 1.43. The Balaban J connectivity index is 1.47. The van der Waals surface area contributed by atoms with Gasteiger partial charge in [-0.1, -0.05) is 81.5 Å². The van der Waals surface area contributed by atoms with Crippen LogP contribution in [-0.4, -0.2) is 31.5 Å². The van der Waals surface area contributed by atoms with Crippen LogP contribution >= 0.6 is 0 Å². The van der Waals surface area contributed by atoms with E-state index in [9.17, 15) is 0 Å². The average molecular weight is 570 g/mol. The number of allylic oxidation sites excluding steroid dienone is 8. The third kappa shape index (κ3) is 4.89. The molecule has 2 aliphatic heterocycles. The molecule has 0 saturated carbocycles. The van der Waals surface area contributed by atoms with Gasteiger partial charge < -0.3 is 9.64 Å². The van der Waals surface area contributed by atoms with Gasteiger partial charge in [-0.15, -0.1) is 0 Å². The van der Waals surface area contributed by atoms with Gasteiger partial charge in [-0.3, -0.25) is 0 Å². The third-order valence-electron chi connectivity index (χ3n) is 9.92. The van der Waals surface area contributed by atoms with Crippen LogP contribution in [0.15, 0.2) is 114 Å². The molecule has 0 spiro atoms. The maximum absolute atomic E-state index is 5.52. The summed E-state index contributed by atoms with van der Waals surface area (Å²) in [6.45, 7) is 11.7. The molecule has 43 heavy (non-hydrogen) atoms. The number of rotatable bonds is 5. The number of hydrogen-bond donors (Lipinski definition) is 0. The van der Waals surface area contributed by atoms with E-state index in [-0.39, 0.29) is 10.8 Å². The Kier molecular flexibility index (Phi) is 7.32. The molecule has 2 heterocycles. The number of methoxy groups -OCH3 is 1. The molecule has 0 aromatic heterocycles. The number of benzene rings is 3. The lowest BCUT2D eigenvalue weighted by Gasteiger charge is -2.28. The lowest BCUT2D eigenvalue weighted by Crippen LogP contribution is -2.26. The van der Waals surface area contributed by atoms with E-state index in [1.54, 1.807) is 7.11 Å². The molecule has 0 N–H and O–H groups in total. The van der Waals surface area contributed by atoms with E-state index < -0.39 is 0 Å². The molecule has 3 aromatic carbocycles. The molecule has 1 unspecified atom stereocenters. The van der Waals surface area contributed by atoms with Gasteiger partial charge in [0.1, 0.15) is 12.8 Å². The van der Waals surface area contributed by atoms with Crippen LogP contribution in [0.5, 0.6) is 5.75 Å². The second-order valence-corrected chi connectivity index (χ2v) is 13.5. The number of likely N-dealkylation sites (N-methyl/N-ethyl adjacent to an activating group) is 1. The number of para-hydroxylation sites is 2. The molecule has 0 radical (unpaired) electrons. The molecule has 1 atom stereocenters. The van der Waals surface area contributed by atoms with Crippen molar-refractivity contribution >= 4 is 22.7 Å². The minimum atomic E-state index is -0.0559. The first-order chi connectivity index (χ1) is 20.5. The van der Waals surface area contributed by atoms with Crippen LogP contribution in [0.3, 0.4) is 0 Å². The van der Waals surface area contributed by atoms with E-state index in [0.717, 1.165) is 18.6 Å². The monoisotopic (exact) mass is 569 g/mol. The second-order valence-electron chi connectivity index (χ2n) is 13.5. The quantitative estimate of drug-likeness (QED) is 0.285. The lowest BCUT2D eigenvalue weighted by atomic mass is 9.77. The fourth-order valence-electron chi connectivity index (χ4n) is 7.63. The fourth-order valence-corrected chi connectivity index (χ4v) is 7.63. The van der Waals surface area contributed by atoms with Gasteiger partial charge in [-0.25, -0.2) is 0 Å². The highest BCUT2D eigenvalue weighted by Gasteiger charge is 2.42. The Labute approximate surface area is 258 Å². The molecule has 220 valence electrons. The van der Waals surface area contributed by atoms with Crippen LogP contribution in [0.4, 0.5) is 11.4 Å². The van der Waals surface area contributed by atoms with Crippen LogP contribution < -0.4 is 9.64 Å². The number of nitrogens with zero attached hydrogens (tertiary/aromatic N) is 2. The highest BCUT2D eigenvalue weighted by atomic mass is 16.5. The molecule has 3 aliphatic rings. The van der Waals surface area contributed by atoms with Crippen molar-refractivity contribution < 1.29 is 9.31 Å². The molecular weight excluding hydrogens is 524 g/mol. The molecule has 3 aromatic rings. The van der Waals surface area contributed by atoms with Crippen molar-refractivity contribution in [3.8, 4) is 5.75 Å². The number of ether oxygens (including phenoxy) is 1. The van der Waals surface area contributed by atoms with Crippen molar-refractivity contribution in [2.75, 3.05) is 26.1 Å². The van der Waals surface area contributed by atoms with E-state index >= 15 is 0 Å². The van der Waals surface area contributed by atoms with Crippen molar-refractivity contribution in [2.24, 2.45) is 5.92 Å². The summed E-state index contributed by atoms with van der Waals surface area (Å²) < 4.78 is 7.88. The predicted molar refractivity (Wildman–Crippen MR) is 182 cm³/mol. The number of hydrogen-bond acceptors (Lipinski definition) is 2. The van der Waals surface area contributed by atoms with Crippen LogP contribution in [0.2, 0.25) is 0 Å². The summed E-state index contributed by atoms with van der Waals surface area (Å²) in [6.07, 6.45) is 11.6. The zero-order chi connectivity index (χ0) is 30.5. The van der Waals surface area contributed by atoms with Crippen molar-refractivity contribution in [1.29, 1.82) is 0 Å². The van der Waals surface area contributed by atoms with Crippen molar-refractivity contribution in [3.05, 3.63) is 131 Å². The van der Waals surface area contributed by atoms with Gasteiger partial charge in [0, 0.05) is 41.6 Å². The summed E-state index contributed by atoms with van der Waals surface area (Å²) in [5.41, 5.74) is 13.3. The van der Waals surface area contributed by atoms with Gasteiger partial charge in [0.05, 0.1) is 12.5 Å². The molecule has 3 heteroatoms. The van der Waals surface area contributed by atoms with Gasteiger partial charge in [0.15, 0.2) is 5.71 Å². The van der Waals surface area contributed by atoms with Crippen molar-refractivity contribution in [3.63, 3.8) is 0 Å². The van der Waals surface area contributed by atoms with Gasteiger partial charge in [0.25, 0.3) is 0 Å². The molecule has 6 rings (SSSR count). The fraction of sp³-hybridized carbons (Fsp3) is 0.325. The smallest absolute Gasteiger partial charge is 0.209 e. The van der Waals surface area contributed by atoms with Gasteiger partial charge in [0.2, 0.25) is 5.69 Å². The van der Waals surface area contributed by atoms with E-state index in [1.165, 1.54) is 56.2 Å². The molecule has 0 amide bonds. The highest BCUT2D eigenvalue weighted by molar-refractivity contribution is 6.03. The maximum Gasteiger partial charge on any atom is 0.209 e. The van der Waals surface area contributed by atoms with Gasteiger partial charge >= 0.3 is 0 Å². The van der Waals surface area contributed by atoms with Crippen molar-refractivity contribution in [1.82, 2.24) is 0 Å². The largest absolute Gasteiger partial charge is 0.497 e. The Morgan fingerprint density at radius 1 is 0.814 bits per heavy atom. The normalized spacial score (nSPS) is 22.6. The minimum Gasteiger partial charge on any atom is -0.497 e. The third-order valence-corrected chi connectivity index (χ3v) is 9.92. The minimum absolute atomic E-state index is 0.0559. The van der Waals surface area contributed by atoms with Crippen molar-refractivity contribution in [2.45, 2.75) is 58.3 Å². The lowest BCUT2D eigenvalue weighted by molar-refractivity contribution is -0.401. The van der Waals surface area contributed by atoms with E-state index in [1.807, 2.05) is 0 Å². The van der Waals surface area contributed by atoms with E-state index in [2.05, 4.69) is 155 Å². The molecule has 0 saturated heterocycles. The summed E-state index contributed by atoms with van der Waals surface area (Å²) in [6, 6.07) is 26.2. The number of anilines is 1. The van der Waals surface area contributed by atoms with Crippen LogP contribution in [-0.2, 0) is 10.8 Å². The molecule has 0 fully saturated rings. The van der Waals surface area contributed by atoms with Gasteiger partial charge in [-0.2, -0.15) is 4.58 Å². The van der Waals surface area contributed by atoms with Crippen LogP contribution in [0.1, 0.15) is 64.2 Å². The highest BCUT2D eigenvalue weighted by Crippen LogP contribution is 2.47. The summed E-state index contributed by atoms with van der Waals surface area (Å²) in [5, 5.41) is 0. The zero-order valence-corrected chi connectivity index (χ0v) is 27.0. The Bertz CT molecular complexity index is 1730. The first-order valence-electron chi connectivity index (χ1n) is 15.5. The summed E-state index contributed by atoms with van der Waals surface area (Å²) in [4.78, 5) is 2.36. The van der Waals surface area contributed by atoms with E-state index in [4.69, 9.17) is 4.74 Å². The maximum atomic E-state index is 5.52. The molecule has 1 aliphatic carbocycles. The topological polar surface area (TPSA) is 15.5 Å². The summed E-state index contributed by atoms with van der Waals surface area (Å²) in [7, 11) is 6.13. The number of fused-ring (bicyclic) bond motifs is 2. The van der Waals surface area contributed by atoms with Gasteiger partial charge in [-0.05, 0) is 84.7 Å². The molecule has 3 nitrogen and oxygen atoms in total. The first-order valence-corrected chi connectivity index (χ1v) is 15.5. The van der Waals surface area contributed by atoms with Crippen LogP contribution in [0.25, 0.3) is 5.57 Å². The zero-order valence-electron chi connectivity index (χ0n) is 27.0. The Hall–Kier alpha value is -4.11. The molecular formula is C40H45N2O+. The summed E-state index contributed by atoms with van der Waals surface area (Å²) >= 11 is 0. The molecule has 0 bridgehead atoms. The average Bonchev–Trinajstić information content (AvgIpc) is 3.32. The SMILES string of the molecule is COc1ccc(C2=C(/C=C/C3=[N+](C)c4ccccc4C3(C)C)CC(C)C/C2=C\C=C2\N(C)c3ccccc3C2(C)C)cc1. The first kappa shape index (κ1) is 29.0. The Morgan fingerprint density at radius 3 is 2.16 bits per heavy atom. The standard InChI is InChI=1S/C40H45N2O/c1-27-25-29(19-23-36-39(2,3)32-13-9-11-15-34(32)41(36)6)38(28-17-21-31(43-8)22-18-28)30(26-27)20-24-37-40(4,5)33-14-10-12-16-35(33)42(37)7/h9-24,27H,25-26H2,1-8H3/q+1. The predicted octanol–water partition coefficient (Wildman–Crippen LogP) is 9.38. The van der Waals surface area contributed by atoms with E-state index in [0.29, 0.717) is 5.92 Å². The second kappa shape index (κ2) is 10.9. The van der Waals surface area contributed by atoms with Crippen LogP contribution in [0, 0.1) is 5.92 Å².